The number of benzene rings is 2. The molecule has 2 aromatic rings. The predicted molar refractivity (Wildman–Crippen MR) is 98.0 cm³/mol. The van der Waals surface area contributed by atoms with Crippen molar-refractivity contribution in [3.8, 4) is 0 Å². The Bertz CT molecular complexity index is 813. The van der Waals surface area contributed by atoms with E-state index in [-0.39, 0.29) is 11.8 Å². The van der Waals surface area contributed by atoms with Crippen molar-refractivity contribution >= 4 is 11.8 Å². The van der Waals surface area contributed by atoms with Gasteiger partial charge in [0.2, 0.25) is 11.8 Å². The first-order valence-corrected chi connectivity index (χ1v) is 8.66. The number of nitrogens with one attached hydrogen (secondary N) is 1. The molecule has 1 heterocycles. The summed E-state index contributed by atoms with van der Waals surface area (Å²) in [4.78, 5) is 26.7. The van der Waals surface area contributed by atoms with Crippen LogP contribution in [0.4, 0.5) is 0 Å². The number of hydrogen-bond donors (Lipinski definition) is 1. The number of carbonyl (C=O) groups excluding carboxylic acids is 2. The molecule has 130 valence electrons. The minimum Gasteiger partial charge on any atom is -0.350 e. The lowest BCUT2D eigenvalue weighted by Crippen LogP contribution is -2.46. The van der Waals surface area contributed by atoms with Crippen LogP contribution in [0.5, 0.6) is 0 Å². The Labute approximate surface area is 148 Å². The van der Waals surface area contributed by atoms with E-state index in [0.717, 1.165) is 28.7 Å². The molecule has 0 aliphatic carbocycles. The zero-order valence-electron chi connectivity index (χ0n) is 15.0. The highest BCUT2D eigenvalue weighted by atomic mass is 16.2. The van der Waals surface area contributed by atoms with Gasteiger partial charge in [-0.1, -0.05) is 48.0 Å². The van der Waals surface area contributed by atoms with Gasteiger partial charge in [-0.2, -0.15) is 0 Å². The summed E-state index contributed by atoms with van der Waals surface area (Å²) in [6, 6.07) is 13.6. The van der Waals surface area contributed by atoms with Crippen LogP contribution in [0.3, 0.4) is 0 Å². The molecule has 0 unspecified atom stereocenters. The Morgan fingerprint density at radius 1 is 1.16 bits per heavy atom. The molecule has 0 radical (unpaired) electrons. The standard InChI is InChI=1S/C21H24N2O2/c1-14-8-9-15(2)18(12-14)13-22-21(25)20-19-7-5-4-6-17(19)10-11-23(20)16(3)24/h4-9,12,20H,10-11,13H2,1-3H3,(H,22,25)/t20-/m1/s1. The van der Waals surface area contributed by atoms with Crippen molar-refractivity contribution in [2.24, 2.45) is 0 Å². The van der Waals surface area contributed by atoms with E-state index in [2.05, 4.69) is 23.5 Å². The van der Waals surface area contributed by atoms with Crippen LogP contribution in [0.25, 0.3) is 0 Å². The molecule has 0 fully saturated rings. The molecule has 1 aliphatic heterocycles. The minimum absolute atomic E-state index is 0.0682. The Hall–Kier alpha value is -2.62. The Balaban J connectivity index is 1.83. The van der Waals surface area contributed by atoms with Gasteiger partial charge in [-0.05, 0) is 42.5 Å². The van der Waals surface area contributed by atoms with Crippen molar-refractivity contribution in [3.63, 3.8) is 0 Å². The lowest BCUT2D eigenvalue weighted by atomic mass is 9.92. The predicted octanol–water partition coefficient (Wildman–Crippen LogP) is 3.07. The summed E-state index contributed by atoms with van der Waals surface area (Å²) in [6.07, 6.45) is 0.788. The molecular formula is C21H24N2O2. The quantitative estimate of drug-likeness (QED) is 0.936. The van der Waals surface area contributed by atoms with Gasteiger partial charge in [0, 0.05) is 20.0 Å². The molecular weight excluding hydrogens is 312 g/mol. The molecule has 1 N–H and O–H groups in total. The fourth-order valence-electron chi connectivity index (χ4n) is 3.46. The van der Waals surface area contributed by atoms with Crippen molar-refractivity contribution < 1.29 is 9.59 Å². The Morgan fingerprint density at radius 2 is 1.92 bits per heavy atom. The van der Waals surface area contributed by atoms with Gasteiger partial charge in [-0.3, -0.25) is 9.59 Å². The van der Waals surface area contributed by atoms with E-state index in [1.165, 1.54) is 12.5 Å². The molecule has 2 aromatic carbocycles. The molecule has 0 aromatic heterocycles. The summed E-state index contributed by atoms with van der Waals surface area (Å²) < 4.78 is 0. The van der Waals surface area contributed by atoms with Gasteiger partial charge < -0.3 is 10.2 Å². The number of carbonyl (C=O) groups is 2. The molecule has 0 bridgehead atoms. The van der Waals surface area contributed by atoms with Crippen LogP contribution < -0.4 is 5.32 Å². The highest BCUT2D eigenvalue weighted by molar-refractivity contribution is 5.88. The van der Waals surface area contributed by atoms with Crippen molar-refractivity contribution in [3.05, 3.63) is 70.3 Å². The van der Waals surface area contributed by atoms with Crippen molar-refractivity contribution in [1.82, 2.24) is 10.2 Å². The molecule has 3 rings (SSSR count). The average molecular weight is 336 g/mol. The molecule has 1 atom stereocenters. The number of aryl methyl sites for hydroxylation is 2. The van der Waals surface area contributed by atoms with Crippen molar-refractivity contribution in [1.29, 1.82) is 0 Å². The van der Waals surface area contributed by atoms with E-state index in [1.807, 2.05) is 38.1 Å². The van der Waals surface area contributed by atoms with Gasteiger partial charge in [0.1, 0.15) is 6.04 Å². The number of nitrogens with zero attached hydrogens (tertiary/aromatic N) is 1. The zero-order chi connectivity index (χ0) is 18.0. The summed E-state index contributed by atoms with van der Waals surface area (Å²) in [5.74, 6) is -0.190. The third-order valence-corrected chi connectivity index (χ3v) is 4.89. The fraction of sp³-hybridized carbons (Fsp3) is 0.333. The van der Waals surface area contributed by atoms with Crippen molar-refractivity contribution in [2.75, 3.05) is 6.54 Å². The van der Waals surface area contributed by atoms with E-state index in [0.29, 0.717) is 13.1 Å². The maximum Gasteiger partial charge on any atom is 0.247 e. The first-order chi connectivity index (χ1) is 12.0. The van der Waals surface area contributed by atoms with E-state index in [4.69, 9.17) is 0 Å². The molecule has 2 amide bonds. The first kappa shape index (κ1) is 17.2. The number of amides is 2. The van der Waals surface area contributed by atoms with Gasteiger partial charge in [0.05, 0.1) is 0 Å². The van der Waals surface area contributed by atoms with Crippen LogP contribution in [0.15, 0.2) is 42.5 Å². The SMILES string of the molecule is CC(=O)N1CCc2ccccc2[C@@H]1C(=O)NCc1cc(C)ccc1C. The van der Waals surface area contributed by atoms with Gasteiger partial charge in [-0.25, -0.2) is 0 Å². The molecule has 0 saturated heterocycles. The van der Waals surface area contributed by atoms with Gasteiger partial charge in [0.25, 0.3) is 0 Å². The highest BCUT2D eigenvalue weighted by Crippen LogP contribution is 2.30. The minimum atomic E-state index is -0.549. The molecule has 0 spiro atoms. The van der Waals surface area contributed by atoms with Gasteiger partial charge >= 0.3 is 0 Å². The lowest BCUT2D eigenvalue weighted by molar-refractivity contribution is -0.139. The van der Waals surface area contributed by atoms with Crippen molar-refractivity contribution in [2.45, 2.75) is 39.8 Å². The fourth-order valence-corrected chi connectivity index (χ4v) is 3.46. The number of hydrogen-bond acceptors (Lipinski definition) is 2. The maximum atomic E-state index is 12.9. The second-order valence-electron chi connectivity index (χ2n) is 6.71. The summed E-state index contributed by atoms with van der Waals surface area (Å²) in [5, 5.41) is 3.03. The highest BCUT2D eigenvalue weighted by Gasteiger charge is 2.34. The summed E-state index contributed by atoms with van der Waals surface area (Å²) >= 11 is 0. The largest absolute Gasteiger partial charge is 0.350 e. The van der Waals surface area contributed by atoms with E-state index >= 15 is 0 Å². The normalized spacial score (nSPS) is 16.3. The average Bonchev–Trinajstić information content (AvgIpc) is 2.61. The van der Waals surface area contributed by atoms with E-state index in [9.17, 15) is 9.59 Å². The third-order valence-electron chi connectivity index (χ3n) is 4.89. The smallest absolute Gasteiger partial charge is 0.247 e. The molecule has 0 saturated carbocycles. The lowest BCUT2D eigenvalue weighted by Gasteiger charge is -2.35. The van der Waals surface area contributed by atoms with Crippen LogP contribution in [0.1, 0.15) is 40.8 Å². The molecule has 4 nitrogen and oxygen atoms in total. The van der Waals surface area contributed by atoms with E-state index < -0.39 is 6.04 Å². The van der Waals surface area contributed by atoms with Crippen LogP contribution in [0.2, 0.25) is 0 Å². The van der Waals surface area contributed by atoms with Crippen LogP contribution in [-0.4, -0.2) is 23.3 Å². The summed E-state index contributed by atoms with van der Waals surface area (Å²) in [7, 11) is 0. The van der Waals surface area contributed by atoms with E-state index in [1.54, 1.807) is 4.90 Å². The topological polar surface area (TPSA) is 49.4 Å². The Kier molecular flexibility index (Phi) is 4.88. The zero-order valence-corrected chi connectivity index (χ0v) is 15.0. The summed E-state index contributed by atoms with van der Waals surface area (Å²) in [5.41, 5.74) is 5.50. The van der Waals surface area contributed by atoms with Gasteiger partial charge in [0.15, 0.2) is 0 Å². The maximum absolute atomic E-state index is 12.9. The van der Waals surface area contributed by atoms with Gasteiger partial charge in [-0.15, -0.1) is 0 Å². The van der Waals surface area contributed by atoms with Crippen LogP contribution >= 0.6 is 0 Å². The Morgan fingerprint density at radius 3 is 2.68 bits per heavy atom. The molecule has 25 heavy (non-hydrogen) atoms. The molecule has 1 aliphatic rings. The second-order valence-corrected chi connectivity index (χ2v) is 6.71. The third kappa shape index (κ3) is 3.58. The first-order valence-electron chi connectivity index (χ1n) is 8.66. The molecule has 4 heteroatoms. The number of fused-ring (bicyclic) bond motifs is 1. The van der Waals surface area contributed by atoms with Crippen LogP contribution in [0, 0.1) is 13.8 Å². The second kappa shape index (κ2) is 7.09. The summed E-state index contributed by atoms with van der Waals surface area (Å²) in [6.45, 7) is 6.65. The van der Waals surface area contributed by atoms with Crippen LogP contribution in [-0.2, 0) is 22.6 Å². The monoisotopic (exact) mass is 336 g/mol. The number of rotatable bonds is 3.